The minimum absolute atomic E-state index is 0.0662. The SMILES string of the molecule is C=CC[C@@]1(C(=O)NCCC)N=C(c2ccc(OCCCO)cc2)O[C@@H]1c1ccccc1CN=[N+]=[N-]. The van der Waals surface area contributed by atoms with Crippen molar-refractivity contribution in [3.63, 3.8) is 0 Å². The van der Waals surface area contributed by atoms with Gasteiger partial charge in [0.2, 0.25) is 5.90 Å². The van der Waals surface area contributed by atoms with Crippen LogP contribution in [0.2, 0.25) is 0 Å². The number of hydrogen-bond acceptors (Lipinski definition) is 6. The van der Waals surface area contributed by atoms with Crippen LogP contribution in [0.1, 0.15) is 49.0 Å². The number of rotatable bonds is 13. The predicted octanol–water partition coefficient (Wildman–Crippen LogP) is 4.62. The van der Waals surface area contributed by atoms with Crippen molar-refractivity contribution >= 4 is 11.8 Å². The Labute approximate surface area is 205 Å². The van der Waals surface area contributed by atoms with E-state index in [4.69, 9.17) is 25.1 Å². The lowest BCUT2D eigenvalue weighted by molar-refractivity contribution is -0.128. The Balaban J connectivity index is 2.03. The molecule has 0 radical (unpaired) electrons. The normalized spacial score (nSPS) is 18.7. The Morgan fingerprint density at radius 3 is 2.80 bits per heavy atom. The van der Waals surface area contributed by atoms with Gasteiger partial charge in [0.25, 0.3) is 5.91 Å². The standard InChI is InChI=1S/C26H31N5O4/c1-3-14-26(25(33)28-15-4-2)23(22-9-6-5-8-20(22)18-29-31-27)35-24(30-26)19-10-12-21(13-11-19)34-17-7-16-32/h3,5-6,8-13,23,32H,1,4,7,14-18H2,2H3,(H,28,33)/t23-,26-/m1/s1. The predicted molar refractivity (Wildman–Crippen MR) is 134 cm³/mol. The van der Waals surface area contributed by atoms with E-state index in [2.05, 4.69) is 21.9 Å². The molecule has 0 unspecified atom stereocenters. The highest BCUT2D eigenvalue weighted by Crippen LogP contribution is 2.44. The van der Waals surface area contributed by atoms with Gasteiger partial charge >= 0.3 is 0 Å². The van der Waals surface area contributed by atoms with Crippen LogP contribution in [-0.2, 0) is 16.1 Å². The number of carbonyl (C=O) groups excluding carboxylic acids is 1. The van der Waals surface area contributed by atoms with Crippen molar-refractivity contribution in [3.8, 4) is 5.75 Å². The van der Waals surface area contributed by atoms with E-state index in [9.17, 15) is 4.79 Å². The van der Waals surface area contributed by atoms with Crippen LogP contribution in [0.15, 0.2) is 71.3 Å². The Morgan fingerprint density at radius 1 is 1.34 bits per heavy atom. The summed E-state index contributed by atoms with van der Waals surface area (Å²) in [6.45, 7) is 6.97. The first-order chi connectivity index (χ1) is 17.1. The average molecular weight is 478 g/mol. The van der Waals surface area contributed by atoms with Gasteiger partial charge in [-0.25, -0.2) is 4.99 Å². The maximum absolute atomic E-state index is 13.5. The lowest BCUT2D eigenvalue weighted by Gasteiger charge is -2.30. The number of carbonyl (C=O) groups is 1. The van der Waals surface area contributed by atoms with E-state index < -0.39 is 11.6 Å². The van der Waals surface area contributed by atoms with Crippen molar-refractivity contribution in [2.45, 2.75) is 44.4 Å². The van der Waals surface area contributed by atoms with E-state index in [0.717, 1.165) is 17.5 Å². The highest BCUT2D eigenvalue weighted by Gasteiger charge is 2.52. The number of nitrogens with zero attached hydrogens (tertiary/aromatic N) is 4. The number of aliphatic hydroxyl groups is 1. The summed E-state index contributed by atoms with van der Waals surface area (Å²) in [4.78, 5) is 21.3. The average Bonchev–Trinajstić information content (AvgIpc) is 3.27. The number of ether oxygens (including phenoxy) is 2. The number of azide groups is 1. The third-order valence-corrected chi connectivity index (χ3v) is 5.66. The molecule has 35 heavy (non-hydrogen) atoms. The monoisotopic (exact) mass is 477 g/mol. The summed E-state index contributed by atoms with van der Waals surface area (Å²) >= 11 is 0. The molecule has 184 valence electrons. The topological polar surface area (TPSA) is 129 Å². The number of hydrogen-bond donors (Lipinski definition) is 2. The van der Waals surface area contributed by atoms with Gasteiger partial charge in [-0.05, 0) is 47.3 Å². The van der Waals surface area contributed by atoms with Crippen molar-refractivity contribution in [1.82, 2.24) is 5.32 Å². The van der Waals surface area contributed by atoms with Crippen molar-refractivity contribution in [1.29, 1.82) is 0 Å². The maximum Gasteiger partial charge on any atom is 0.252 e. The lowest BCUT2D eigenvalue weighted by atomic mass is 9.82. The molecule has 2 aromatic carbocycles. The van der Waals surface area contributed by atoms with Gasteiger partial charge in [0.15, 0.2) is 11.6 Å². The van der Waals surface area contributed by atoms with Crippen LogP contribution in [0.25, 0.3) is 10.4 Å². The zero-order valence-electron chi connectivity index (χ0n) is 19.9. The first-order valence-electron chi connectivity index (χ1n) is 11.7. The molecule has 1 heterocycles. The molecular weight excluding hydrogens is 446 g/mol. The van der Waals surface area contributed by atoms with Gasteiger partial charge in [-0.15, -0.1) is 6.58 Å². The van der Waals surface area contributed by atoms with Crippen LogP contribution in [0.5, 0.6) is 5.75 Å². The Bertz CT molecular complexity index is 1100. The molecule has 2 N–H and O–H groups in total. The smallest absolute Gasteiger partial charge is 0.252 e. The van der Waals surface area contributed by atoms with Crippen molar-refractivity contribution < 1.29 is 19.4 Å². The molecule has 9 heteroatoms. The molecule has 3 rings (SSSR count). The summed E-state index contributed by atoms with van der Waals surface area (Å²) in [5, 5.41) is 15.6. The molecule has 0 aromatic heterocycles. The van der Waals surface area contributed by atoms with Gasteiger partial charge in [-0.2, -0.15) is 0 Å². The highest BCUT2D eigenvalue weighted by atomic mass is 16.5. The second-order valence-corrected chi connectivity index (χ2v) is 8.13. The van der Waals surface area contributed by atoms with Crippen LogP contribution in [0.3, 0.4) is 0 Å². The molecule has 0 bridgehead atoms. The van der Waals surface area contributed by atoms with E-state index in [-0.39, 0.29) is 25.5 Å². The summed E-state index contributed by atoms with van der Waals surface area (Å²) in [5.74, 6) is 0.751. The summed E-state index contributed by atoms with van der Waals surface area (Å²) in [7, 11) is 0. The summed E-state index contributed by atoms with van der Waals surface area (Å²) in [6, 6.07) is 14.7. The molecular formula is C26H31N5O4. The van der Waals surface area contributed by atoms with Crippen LogP contribution < -0.4 is 10.1 Å². The third kappa shape index (κ3) is 6.01. The zero-order chi connectivity index (χ0) is 25.1. The van der Waals surface area contributed by atoms with Crippen LogP contribution in [0.4, 0.5) is 0 Å². The Morgan fingerprint density at radius 2 is 2.11 bits per heavy atom. The second-order valence-electron chi connectivity index (χ2n) is 8.13. The van der Waals surface area contributed by atoms with Gasteiger partial charge in [-0.3, -0.25) is 4.79 Å². The molecule has 1 aliphatic heterocycles. The fraction of sp³-hybridized carbons (Fsp3) is 0.385. The molecule has 0 saturated carbocycles. The third-order valence-electron chi connectivity index (χ3n) is 5.66. The van der Waals surface area contributed by atoms with E-state index in [0.29, 0.717) is 36.8 Å². The lowest BCUT2D eigenvalue weighted by Crippen LogP contribution is -2.48. The molecule has 2 aromatic rings. The molecule has 1 aliphatic rings. The molecule has 0 fully saturated rings. The number of aliphatic imine (C=N–C) groups is 1. The van der Waals surface area contributed by atoms with E-state index in [1.54, 1.807) is 18.2 Å². The quantitative estimate of drug-likeness (QED) is 0.143. The molecule has 9 nitrogen and oxygen atoms in total. The number of aliphatic hydroxyl groups excluding tert-OH is 1. The van der Waals surface area contributed by atoms with E-state index >= 15 is 0 Å². The van der Waals surface area contributed by atoms with Crippen LogP contribution in [0, 0.1) is 0 Å². The van der Waals surface area contributed by atoms with Crippen molar-refractivity contribution in [2.24, 2.45) is 10.1 Å². The first kappa shape index (κ1) is 25.8. The summed E-state index contributed by atoms with van der Waals surface area (Å²) < 4.78 is 12.0. The first-order valence-corrected chi connectivity index (χ1v) is 11.7. The van der Waals surface area contributed by atoms with Gasteiger partial charge in [0, 0.05) is 36.5 Å². The minimum atomic E-state index is -1.27. The Kier molecular flexibility index (Phi) is 9.29. The van der Waals surface area contributed by atoms with E-state index in [1.807, 2.05) is 43.3 Å². The van der Waals surface area contributed by atoms with E-state index in [1.165, 1.54) is 0 Å². The maximum atomic E-state index is 13.5. The highest BCUT2D eigenvalue weighted by molar-refractivity contribution is 6.01. The molecule has 0 spiro atoms. The fourth-order valence-corrected chi connectivity index (χ4v) is 3.95. The fourth-order valence-electron chi connectivity index (χ4n) is 3.95. The molecule has 0 aliphatic carbocycles. The van der Waals surface area contributed by atoms with Gasteiger partial charge in [-0.1, -0.05) is 42.4 Å². The largest absolute Gasteiger partial charge is 0.494 e. The van der Waals surface area contributed by atoms with Gasteiger partial charge < -0.3 is 19.9 Å². The van der Waals surface area contributed by atoms with Crippen molar-refractivity contribution in [3.05, 3.63) is 88.3 Å². The number of amides is 1. The molecule has 1 amide bonds. The summed E-state index contributed by atoms with van der Waals surface area (Å²) in [5.41, 5.74) is 9.77. The number of nitrogens with one attached hydrogen (secondary N) is 1. The minimum Gasteiger partial charge on any atom is -0.494 e. The van der Waals surface area contributed by atoms with Gasteiger partial charge in [0.1, 0.15) is 5.75 Å². The van der Waals surface area contributed by atoms with Gasteiger partial charge in [0.05, 0.1) is 13.2 Å². The number of benzene rings is 2. The van der Waals surface area contributed by atoms with Crippen LogP contribution in [-0.4, -0.2) is 42.2 Å². The molecule has 0 saturated heterocycles. The van der Waals surface area contributed by atoms with Crippen molar-refractivity contribution in [2.75, 3.05) is 19.8 Å². The zero-order valence-corrected chi connectivity index (χ0v) is 19.9. The summed E-state index contributed by atoms with van der Waals surface area (Å²) in [6.07, 6.45) is 2.52. The Hall–Kier alpha value is -3.81. The van der Waals surface area contributed by atoms with Crippen LogP contribution >= 0.6 is 0 Å². The second kappa shape index (κ2) is 12.6. The molecule has 2 atom stereocenters.